The summed E-state index contributed by atoms with van der Waals surface area (Å²) in [6.07, 6.45) is 1.38. The van der Waals surface area contributed by atoms with E-state index in [1.54, 1.807) is 0 Å². The molecule has 0 aromatic heterocycles. The zero-order valence-corrected chi connectivity index (χ0v) is 13.4. The standard InChI is InChI=1S/C15H23NO4S/c1-13-6-3-4-7-14(13)12-21(17,18)16-9-8-15(2)19-10-5-11-20-15/h3-4,6-7,16H,5,8-12H2,1-2H3. The number of hydrogen-bond acceptors (Lipinski definition) is 4. The van der Waals surface area contributed by atoms with Crippen molar-refractivity contribution in [3.8, 4) is 0 Å². The first-order chi connectivity index (χ1) is 9.90. The van der Waals surface area contributed by atoms with Crippen LogP contribution in [0.2, 0.25) is 0 Å². The highest BCUT2D eigenvalue weighted by atomic mass is 32.2. The molecule has 0 amide bonds. The molecule has 0 saturated carbocycles. The first-order valence-corrected chi connectivity index (χ1v) is 8.85. The summed E-state index contributed by atoms with van der Waals surface area (Å²) in [6.45, 7) is 5.39. The van der Waals surface area contributed by atoms with Gasteiger partial charge in [0.05, 0.1) is 19.0 Å². The van der Waals surface area contributed by atoms with Crippen LogP contribution in [-0.4, -0.2) is 34.0 Å². The number of ether oxygens (including phenoxy) is 2. The summed E-state index contributed by atoms with van der Waals surface area (Å²) >= 11 is 0. The monoisotopic (exact) mass is 313 g/mol. The molecule has 1 fully saturated rings. The van der Waals surface area contributed by atoms with Crippen LogP contribution in [0.25, 0.3) is 0 Å². The van der Waals surface area contributed by atoms with Crippen molar-refractivity contribution >= 4 is 10.0 Å². The van der Waals surface area contributed by atoms with E-state index in [1.807, 2.05) is 38.1 Å². The van der Waals surface area contributed by atoms with E-state index in [-0.39, 0.29) is 5.75 Å². The van der Waals surface area contributed by atoms with Gasteiger partial charge in [-0.2, -0.15) is 0 Å². The number of rotatable bonds is 6. The van der Waals surface area contributed by atoms with Gasteiger partial charge >= 0.3 is 0 Å². The van der Waals surface area contributed by atoms with E-state index in [4.69, 9.17) is 9.47 Å². The van der Waals surface area contributed by atoms with Gasteiger partial charge in [0.15, 0.2) is 5.79 Å². The van der Waals surface area contributed by atoms with Gasteiger partial charge in [-0.05, 0) is 31.4 Å². The van der Waals surface area contributed by atoms with Gasteiger partial charge in [0.25, 0.3) is 0 Å². The Hall–Kier alpha value is -0.950. The largest absolute Gasteiger partial charge is 0.350 e. The summed E-state index contributed by atoms with van der Waals surface area (Å²) in [6, 6.07) is 7.50. The van der Waals surface area contributed by atoms with Crippen LogP contribution < -0.4 is 4.72 Å². The molecule has 1 aromatic carbocycles. The molecule has 5 nitrogen and oxygen atoms in total. The smallest absolute Gasteiger partial charge is 0.215 e. The number of sulfonamides is 1. The Balaban J connectivity index is 1.85. The van der Waals surface area contributed by atoms with E-state index in [1.165, 1.54) is 0 Å². The summed E-state index contributed by atoms with van der Waals surface area (Å²) in [5.41, 5.74) is 1.80. The lowest BCUT2D eigenvalue weighted by Gasteiger charge is -2.33. The maximum Gasteiger partial charge on any atom is 0.215 e. The molecule has 1 heterocycles. The van der Waals surface area contributed by atoms with E-state index in [0.717, 1.165) is 17.5 Å². The molecular weight excluding hydrogens is 290 g/mol. The van der Waals surface area contributed by atoms with Crippen molar-refractivity contribution in [1.29, 1.82) is 0 Å². The van der Waals surface area contributed by atoms with Gasteiger partial charge in [0.1, 0.15) is 0 Å². The Morgan fingerprint density at radius 3 is 2.57 bits per heavy atom. The molecule has 0 bridgehead atoms. The molecule has 21 heavy (non-hydrogen) atoms. The van der Waals surface area contributed by atoms with Crippen LogP contribution in [0, 0.1) is 6.92 Å². The fraction of sp³-hybridized carbons (Fsp3) is 0.600. The highest BCUT2D eigenvalue weighted by Crippen LogP contribution is 2.21. The van der Waals surface area contributed by atoms with Gasteiger partial charge in [0, 0.05) is 13.0 Å². The zero-order chi connectivity index (χ0) is 15.3. The Kier molecular flexibility index (Phi) is 5.37. The summed E-state index contributed by atoms with van der Waals surface area (Å²) in [5, 5.41) is 0. The molecule has 1 aliphatic heterocycles. The number of aryl methyl sites for hydroxylation is 1. The lowest BCUT2D eigenvalue weighted by Crippen LogP contribution is -2.41. The van der Waals surface area contributed by atoms with Gasteiger partial charge in [0.2, 0.25) is 10.0 Å². The van der Waals surface area contributed by atoms with Gasteiger partial charge < -0.3 is 9.47 Å². The average molecular weight is 313 g/mol. The van der Waals surface area contributed by atoms with E-state index >= 15 is 0 Å². The molecule has 0 radical (unpaired) electrons. The third kappa shape index (κ3) is 5.07. The molecule has 2 rings (SSSR count). The minimum Gasteiger partial charge on any atom is -0.350 e. The molecular formula is C15H23NO4S. The average Bonchev–Trinajstić information content (AvgIpc) is 2.41. The van der Waals surface area contributed by atoms with E-state index in [0.29, 0.717) is 26.2 Å². The minimum atomic E-state index is -3.35. The molecule has 6 heteroatoms. The summed E-state index contributed by atoms with van der Waals surface area (Å²) in [7, 11) is -3.35. The first kappa shape index (κ1) is 16.4. The predicted molar refractivity (Wildman–Crippen MR) is 81.3 cm³/mol. The fourth-order valence-corrected chi connectivity index (χ4v) is 3.53. The summed E-state index contributed by atoms with van der Waals surface area (Å²) < 4.78 is 38.0. The second kappa shape index (κ2) is 6.87. The minimum absolute atomic E-state index is 0.00188. The second-order valence-corrected chi connectivity index (χ2v) is 7.32. The van der Waals surface area contributed by atoms with Crippen molar-refractivity contribution in [1.82, 2.24) is 4.72 Å². The van der Waals surface area contributed by atoms with Crippen LogP contribution in [0.15, 0.2) is 24.3 Å². The van der Waals surface area contributed by atoms with Gasteiger partial charge in [-0.3, -0.25) is 0 Å². The zero-order valence-electron chi connectivity index (χ0n) is 12.6. The molecule has 1 aromatic rings. The highest BCUT2D eigenvalue weighted by molar-refractivity contribution is 7.88. The van der Waals surface area contributed by atoms with Crippen LogP contribution in [-0.2, 0) is 25.2 Å². The Morgan fingerprint density at radius 1 is 1.24 bits per heavy atom. The van der Waals surface area contributed by atoms with Crippen LogP contribution in [0.5, 0.6) is 0 Å². The van der Waals surface area contributed by atoms with Gasteiger partial charge in [-0.1, -0.05) is 24.3 Å². The second-order valence-electron chi connectivity index (χ2n) is 5.51. The topological polar surface area (TPSA) is 64.6 Å². The molecule has 1 saturated heterocycles. The summed E-state index contributed by atoms with van der Waals surface area (Å²) in [4.78, 5) is 0. The normalized spacial score (nSPS) is 18.6. The maximum atomic E-state index is 12.1. The lowest BCUT2D eigenvalue weighted by molar-refractivity contribution is -0.257. The van der Waals surface area contributed by atoms with Crippen molar-refractivity contribution in [3.05, 3.63) is 35.4 Å². The number of benzene rings is 1. The molecule has 118 valence electrons. The Morgan fingerprint density at radius 2 is 1.90 bits per heavy atom. The highest BCUT2D eigenvalue weighted by Gasteiger charge is 2.29. The van der Waals surface area contributed by atoms with E-state index in [2.05, 4.69) is 4.72 Å². The van der Waals surface area contributed by atoms with Crippen molar-refractivity contribution in [2.24, 2.45) is 0 Å². The Labute approximate surface area is 126 Å². The molecule has 0 spiro atoms. The third-order valence-electron chi connectivity index (χ3n) is 3.61. The predicted octanol–water partition coefficient (Wildman–Crippen LogP) is 1.96. The molecule has 1 aliphatic rings. The van der Waals surface area contributed by atoms with Crippen molar-refractivity contribution in [2.75, 3.05) is 19.8 Å². The molecule has 0 atom stereocenters. The van der Waals surface area contributed by atoms with Crippen molar-refractivity contribution in [2.45, 2.75) is 38.2 Å². The van der Waals surface area contributed by atoms with Crippen molar-refractivity contribution in [3.63, 3.8) is 0 Å². The third-order valence-corrected chi connectivity index (χ3v) is 4.95. The number of nitrogens with one attached hydrogen (secondary N) is 1. The van der Waals surface area contributed by atoms with Gasteiger partial charge in [-0.15, -0.1) is 0 Å². The van der Waals surface area contributed by atoms with Gasteiger partial charge in [-0.25, -0.2) is 13.1 Å². The number of hydrogen-bond donors (Lipinski definition) is 1. The Bertz CT molecular complexity index is 565. The SMILES string of the molecule is Cc1ccccc1CS(=O)(=O)NCCC1(C)OCCCO1. The maximum absolute atomic E-state index is 12.1. The fourth-order valence-electron chi connectivity index (χ4n) is 2.28. The summed E-state index contributed by atoms with van der Waals surface area (Å²) in [5.74, 6) is -0.679. The van der Waals surface area contributed by atoms with Crippen LogP contribution in [0.1, 0.15) is 30.9 Å². The van der Waals surface area contributed by atoms with Crippen LogP contribution >= 0.6 is 0 Å². The van der Waals surface area contributed by atoms with Crippen LogP contribution in [0.4, 0.5) is 0 Å². The quantitative estimate of drug-likeness (QED) is 0.872. The molecule has 1 N–H and O–H groups in total. The van der Waals surface area contributed by atoms with Crippen molar-refractivity contribution < 1.29 is 17.9 Å². The molecule has 0 unspecified atom stereocenters. The first-order valence-electron chi connectivity index (χ1n) is 7.20. The van der Waals surface area contributed by atoms with Crippen LogP contribution in [0.3, 0.4) is 0 Å². The van der Waals surface area contributed by atoms with E-state index < -0.39 is 15.8 Å². The lowest BCUT2D eigenvalue weighted by atomic mass is 10.1. The molecule has 0 aliphatic carbocycles. The van der Waals surface area contributed by atoms with E-state index in [9.17, 15) is 8.42 Å².